The number of hydrogen-bond donors (Lipinski definition) is 0. The van der Waals surface area contributed by atoms with E-state index in [2.05, 4.69) is 21.0 Å². The van der Waals surface area contributed by atoms with Gasteiger partial charge in [-0.2, -0.15) is 15.4 Å². The van der Waals surface area contributed by atoms with Crippen LogP contribution >= 0.6 is 15.9 Å². The van der Waals surface area contributed by atoms with Gasteiger partial charge in [0, 0.05) is 16.1 Å². The summed E-state index contributed by atoms with van der Waals surface area (Å²) < 4.78 is 5.60. The predicted molar refractivity (Wildman–Crippen MR) is 99.1 cm³/mol. The summed E-state index contributed by atoms with van der Waals surface area (Å²) in [5, 5.41) is 24.9. The maximum Gasteiger partial charge on any atom is 0.312 e. The van der Waals surface area contributed by atoms with Crippen molar-refractivity contribution >= 4 is 39.6 Å². The highest BCUT2D eigenvalue weighted by molar-refractivity contribution is 9.10. The molecule has 2 bridgehead atoms. The van der Waals surface area contributed by atoms with E-state index in [9.17, 15) is 19.7 Å². The molecule has 2 aliphatic carbocycles. The molecule has 0 N–H and O–H groups in total. The number of nitro benzene ring substituents is 1. The second kappa shape index (κ2) is 6.83. The van der Waals surface area contributed by atoms with Crippen LogP contribution < -0.4 is 4.74 Å². The highest BCUT2D eigenvalue weighted by atomic mass is 79.9. The molecule has 1 saturated heterocycles. The van der Waals surface area contributed by atoms with Crippen LogP contribution in [0.1, 0.15) is 12.0 Å². The molecule has 2 amide bonds. The molecular weight excluding hydrogens is 432 g/mol. The summed E-state index contributed by atoms with van der Waals surface area (Å²) in [7, 11) is 0. The molecule has 1 heterocycles. The molecule has 1 saturated carbocycles. The van der Waals surface area contributed by atoms with Gasteiger partial charge in [0.15, 0.2) is 6.61 Å². The molecule has 142 valence electrons. The average molecular weight is 445 g/mol. The number of allylic oxidation sites excluding steroid dienone is 2. The molecule has 1 aromatic carbocycles. The summed E-state index contributed by atoms with van der Waals surface area (Å²) in [5.41, 5.74) is -0.181. The van der Waals surface area contributed by atoms with Crippen molar-refractivity contribution in [2.24, 2.45) is 28.8 Å². The number of imide groups is 1. The molecule has 0 spiro atoms. The van der Waals surface area contributed by atoms with Crippen molar-refractivity contribution in [3.8, 4) is 11.8 Å². The van der Waals surface area contributed by atoms with E-state index < -0.39 is 11.5 Å². The zero-order valence-corrected chi connectivity index (χ0v) is 15.9. The number of carbonyl (C=O) groups excluding carboxylic acids is 2. The van der Waals surface area contributed by atoms with Crippen LogP contribution in [-0.2, 0) is 9.59 Å². The van der Waals surface area contributed by atoms with E-state index in [0.717, 1.165) is 11.4 Å². The number of nitriles is 1. The van der Waals surface area contributed by atoms with Gasteiger partial charge in [0.1, 0.15) is 6.07 Å². The minimum absolute atomic E-state index is 0.0631. The first-order valence-electron chi connectivity index (χ1n) is 8.50. The van der Waals surface area contributed by atoms with Crippen molar-refractivity contribution in [2.75, 3.05) is 6.61 Å². The average Bonchev–Trinajstić information content (AvgIpc) is 3.33. The van der Waals surface area contributed by atoms with Crippen LogP contribution in [0.4, 0.5) is 5.69 Å². The number of carbonyl (C=O) groups is 2. The molecule has 0 radical (unpaired) electrons. The highest BCUT2D eigenvalue weighted by Crippen LogP contribution is 2.52. The molecule has 3 aliphatic rings. The van der Waals surface area contributed by atoms with Gasteiger partial charge in [0.05, 0.1) is 23.0 Å². The predicted octanol–water partition coefficient (Wildman–Crippen LogP) is 2.40. The summed E-state index contributed by atoms with van der Waals surface area (Å²) in [6.45, 7) is -0.399. The fourth-order valence-electron chi connectivity index (χ4n) is 4.21. The Hall–Kier alpha value is -3.06. The third-order valence-electron chi connectivity index (χ3n) is 5.30. The second-order valence-electron chi connectivity index (χ2n) is 6.78. The number of amides is 2. The quantitative estimate of drug-likeness (QED) is 0.225. The van der Waals surface area contributed by atoms with Crippen molar-refractivity contribution < 1.29 is 19.2 Å². The van der Waals surface area contributed by atoms with Gasteiger partial charge in [-0.25, -0.2) is 0 Å². The van der Waals surface area contributed by atoms with Gasteiger partial charge in [-0.15, -0.1) is 0 Å². The highest BCUT2D eigenvalue weighted by Gasteiger charge is 2.59. The largest absolute Gasteiger partial charge is 0.471 e. The van der Waals surface area contributed by atoms with E-state index in [4.69, 9.17) is 10.00 Å². The van der Waals surface area contributed by atoms with E-state index in [-0.39, 0.29) is 52.5 Å². The number of hydrazone groups is 1. The Labute approximate surface area is 167 Å². The second-order valence-corrected chi connectivity index (χ2v) is 7.70. The van der Waals surface area contributed by atoms with Gasteiger partial charge in [-0.05, 0) is 24.3 Å². The summed E-state index contributed by atoms with van der Waals surface area (Å²) >= 11 is 3.18. The number of fused-ring (bicyclic) bond motifs is 5. The van der Waals surface area contributed by atoms with E-state index in [1.165, 1.54) is 18.3 Å². The van der Waals surface area contributed by atoms with Gasteiger partial charge in [-0.3, -0.25) is 19.7 Å². The van der Waals surface area contributed by atoms with Crippen molar-refractivity contribution in [2.45, 2.75) is 6.42 Å². The van der Waals surface area contributed by atoms with Gasteiger partial charge >= 0.3 is 5.69 Å². The number of halogens is 1. The molecule has 4 unspecified atom stereocenters. The minimum Gasteiger partial charge on any atom is -0.471 e. The van der Waals surface area contributed by atoms with Crippen molar-refractivity contribution in [3.63, 3.8) is 0 Å². The number of ether oxygens (including phenoxy) is 1. The van der Waals surface area contributed by atoms with Crippen LogP contribution in [0.3, 0.4) is 0 Å². The maximum atomic E-state index is 12.7. The van der Waals surface area contributed by atoms with E-state index in [1.807, 2.05) is 12.2 Å². The van der Waals surface area contributed by atoms with Crippen LogP contribution in [-0.4, -0.2) is 34.6 Å². The monoisotopic (exact) mass is 444 g/mol. The summed E-state index contributed by atoms with van der Waals surface area (Å²) in [6.07, 6.45) is 5.95. The van der Waals surface area contributed by atoms with Crippen molar-refractivity contribution in [3.05, 3.63) is 44.4 Å². The zero-order chi connectivity index (χ0) is 20.0. The lowest BCUT2D eigenvalue weighted by Gasteiger charge is -2.13. The number of rotatable bonds is 5. The molecule has 2 fully saturated rings. The lowest BCUT2D eigenvalue weighted by molar-refractivity contribution is -0.385. The molecular formula is C18H13BrN4O5. The van der Waals surface area contributed by atoms with Gasteiger partial charge in [-0.1, -0.05) is 28.1 Å². The first kappa shape index (κ1) is 18.3. The van der Waals surface area contributed by atoms with Crippen LogP contribution in [0, 0.1) is 45.1 Å². The molecule has 4 atom stereocenters. The van der Waals surface area contributed by atoms with Gasteiger partial charge < -0.3 is 4.74 Å². The summed E-state index contributed by atoms with van der Waals surface area (Å²) in [4.78, 5) is 36.0. The number of nitro groups is 1. The maximum absolute atomic E-state index is 12.7. The Morgan fingerprint density at radius 2 is 1.96 bits per heavy atom. The number of nitrogens with zero attached hydrogens (tertiary/aromatic N) is 4. The van der Waals surface area contributed by atoms with Gasteiger partial charge in [0.25, 0.3) is 11.8 Å². The van der Waals surface area contributed by atoms with Crippen LogP contribution in [0.5, 0.6) is 5.75 Å². The fourth-order valence-corrected chi connectivity index (χ4v) is 4.68. The van der Waals surface area contributed by atoms with E-state index in [0.29, 0.717) is 4.47 Å². The molecule has 4 rings (SSSR count). The Balaban J connectivity index is 1.67. The molecule has 10 heteroatoms. The summed E-state index contributed by atoms with van der Waals surface area (Å²) in [6, 6.07) is 4.49. The third kappa shape index (κ3) is 2.79. The molecule has 0 aromatic heterocycles. The Morgan fingerprint density at radius 3 is 2.54 bits per heavy atom. The van der Waals surface area contributed by atoms with E-state index >= 15 is 0 Å². The lowest BCUT2D eigenvalue weighted by Crippen LogP contribution is -2.28. The molecule has 1 aromatic rings. The Kier molecular flexibility index (Phi) is 4.47. The molecule has 1 aliphatic heterocycles. The topological polar surface area (TPSA) is 126 Å². The standard InChI is InChI=1S/C18H13BrN4O5/c19-12-6-11(16(28-4-3-20)13(7-12)23(26)27)8-21-22-17(24)14-9-1-2-10(5-9)15(14)18(22)25/h1-2,6-10,14-15H,4-5H2. The van der Waals surface area contributed by atoms with Crippen LogP contribution in [0.15, 0.2) is 33.9 Å². The Morgan fingerprint density at radius 1 is 1.32 bits per heavy atom. The number of benzene rings is 1. The number of hydrogen-bond acceptors (Lipinski definition) is 7. The van der Waals surface area contributed by atoms with Gasteiger partial charge in [0.2, 0.25) is 5.75 Å². The van der Waals surface area contributed by atoms with Crippen LogP contribution in [0.25, 0.3) is 0 Å². The van der Waals surface area contributed by atoms with Crippen molar-refractivity contribution in [1.29, 1.82) is 5.26 Å². The first-order valence-corrected chi connectivity index (χ1v) is 9.29. The Bertz CT molecular complexity index is 968. The minimum atomic E-state index is -0.644. The van der Waals surface area contributed by atoms with Crippen molar-refractivity contribution in [1.82, 2.24) is 5.01 Å². The SMILES string of the molecule is N#CCOc1c(C=NN2C(=O)C3C4C=CC(C4)C3C2=O)cc(Br)cc1[N+](=O)[O-]. The zero-order valence-electron chi connectivity index (χ0n) is 14.3. The van der Waals surface area contributed by atoms with Crippen LogP contribution in [0.2, 0.25) is 0 Å². The lowest BCUT2D eigenvalue weighted by atomic mass is 9.85. The third-order valence-corrected chi connectivity index (χ3v) is 5.76. The summed E-state index contributed by atoms with van der Waals surface area (Å²) in [5.74, 6) is -1.50. The fraction of sp³-hybridized carbons (Fsp3) is 0.333. The normalized spacial score (nSPS) is 27.5. The molecule has 28 heavy (non-hydrogen) atoms. The van der Waals surface area contributed by atoms with E-state index in [1.54, 1.807) is 6.07 Å². The molecule has 9 nitrogen and oxygen atoms in total. The smallest absolute Gasteiger partial charge is 0.312 e. The first-order chi connectivity index (χ1) is 13.4.